The third-order valence-corrected chi connectivity index (χ3v) is 7.96. The summed E-state index contributed by atoms with van der Waals surface area (Å²) >= 11 is 0. The fraction of sp³-hybridized carbons (Fsp3) is 0.167. The van der Waals surface area contributed by atoms with E-state index in [1.165, 1.54) is 7.11 Å². The van der Waals surface area contributed by atoms with E-state index in [9.17, 15) is 13.2 Å². The van der Waals surface area contributed by atoms with Gasteiger partial charge in [-0.3, -0.25) is 9.10 Å². The molecule has 0 saturated heterocycles. The Morgan fingerprint density at radius 2 is 1.54 bits per heavy atom. The van der Waals surface area contributed by atoms with Crippen LogP contribution >= 0.6 is 0 Å². The first-order valence-corrected chi connectivity index (χ1v) is 13.4. The number of aryl methyl sites for hydroxylation is 2. The van der Waals surface area contributed by atoms with E-state index < -0.39 is 28.5 Å². The van der Waals surface area contributed by atoms with Crippen LogP contribution in [0.1, 0.15) is 28.3 Å². The van der Waals surface area contributed by atoms with Crippen LogP contribution in [0.3, 0.4) is 0 Å². The Labute approximate surface area is 218 Å². The number of carbonyl (C=O) groups is 1. The molecule has 190 valence electrons. The molecule has 1 atom stereocenters. The standard InChI is InChI=1S/C30H30N2O4S/c1-22-16-18-27(19-17-22)37(34,35)32(25-13-9-14-26(20-25)36-3)21-29(33)31-30(24-11-5-4-6-12-24)28-15-8-7-10-23(28)2/h4-20,30H,21H2,1-3H3,(H,31,33)/t30-/m1/s1. The number of rotatable bonds is 9. The molecule has 0 fully saturated rings. The van der Waals surface area contributed by atoms with E-state index in [0.29, 0.717) is 11.4 Å². The van der Waals surface area contributed by atoms with Gasteiger partial charge in [-0.15, -0.1) is 0 Å². The first kappa shape index (κ1) is 26.0. The number of nitrogens with zero attached hydrogens (tertiary/aromatic N) is 1. The molecule has 0 aliphatic rings. The van der Waals surface area contributed by atoms with E-state index >= 15 is 0 Å². The maximum Gasteiger partial charge on any atom is 0.264 e. The molecular formula is C30H30N2O4S. The molecule has 6 nitrogen and oxygen atoms in total. The predicted octanol–water partition coefficient (Wildman–Crippen LogP) is 5.41. The number of amides is 1. The molecule has 4 aromatic rings. The third-order valence-electron chi connectivity index (χ3n) is 6.18. The number of benzene rings is 4. The van der Waals surface area contributed by atoms with E-state index in [2.05, 4.69) is 5.32 Å². The maximum absolute atomic E-state index is 13.8. The highest BCUT2D eigenvalue weighted by molar-refractivity contribution is 7.92. The molecule has 4 aromatic carbocycles. The minimum absolute atomic E-state index is 0.104. The summed E-state index contributed by atoms with van der Waals surface area (Å²) in [7, 11) is -2.54. The van der Waals surface area contributed by atoms with Crippen LogP contribution in [0.4, 0.5) is 5.69 Å². The molecule has 7 heteroatoms. The minimum Gasteiger partial charge on any atom is -0.497 e. The van der Waals surface area contributed by atoms with Crippen LogP contribution in [0, 0.1) is 13.8 Å². The minimum atomic E-state index is -4.05. The Balaban J connectivity index is 1.71. The topological polar surface area (TPSA) is 75.7 Å². The molecule has 0 unspecified atom stereocenters. The summed E-state index contributed by atoms with van der Waals surface area (Å²) in [4.78, 5) is 13.6. The molecule has 0 aliphatic heterocycles. The van der Waals surface area contributed by atoms with Crippen LogP contribution < -0.4 is 14.4 Å². The van der Waals surface area contributed by atoms with Crippen molar-refractivity contribution in [3.63, 3.8) is 0 Å². The summed E-state index contributed by atoms with van der Waals surface area (Å²) in [6.45, 7) is 3.47. The Morgan fingerprint density at radius 1 is 0.865 bits per heavy atom. The average Bonchev–Trinajstić information content (AvgIpc) is 2.91. The Bertz CT molecular complexity index is 1470. The first-order chi connectivity index (χ1) is 17.8. The molecule has 4 rings (SSSR count). The smallest absolute Gasteiger partial charge is 0.264 e. The van der Waals surface area contributed by atoms with Crippen LogP contribution in [0.25, 0.3) is 0 Å². The van der Waals surface area contributed by atoms with Crippen molar-refractivity contribution < 1.29 is 17.9 Å². The van der Waals surface area contributed by atoms with Crippen molar-refractivity contribution >= 4 is 21.6 Å². The van der Waals surface area contributed by atoms with Gasteiger partial charge < -0.3 is 10.1 Å². The summed E-state index contributed by atoms with van der Waals surface area (Å²) in [6.07, 6.45) is 0. The number of carbonyl (C=O) groups excluding carboxylic acids is 1. The van der Waals surface area contributed by atoms with Crippen molar-refractivity contribution in [2.75, 3.05) is 18.0 Å². The lowest BCUT2D eigenvalue weighted by Crippen LogP contribution is -2.42. The zero-order chi connectivity index (χ0) is 26.4. The Morgan fingerprint density at radius 3 is 2.22 bits per heavy atom. The van der Waals surface area contributed by atoms with E-state index in [0.717, 1.165) is 26.6 Å². The lowest BCUT2D eigenvalue weighted by Gasteiger charge is -2.27. The molecule has 37 heavy (non-hydrogen) atoms. The summed E-state index contributed by atoms with van der Waals surface area (Å²) < 4.78 is 34.0. The van der Waals surface area contributed by atoms with E-state index in [4.69, 9.17) is 4.74 Å². The van der Waals surface area contributed by atoms with Crippen molar-refractivity contribution in [3.05, 3.63) is 125 Å². The van der Waals surface area contributed by atoms with E-state index in [-0.39, 0.29) is 4.90 Å². The fourth-order valence-electron chi connectivity index (χ4n) is 4.15. The number of sulfonamides is 1. The number of methoxy groups -OCH3 is 1. The molecule has 0 aliphatic carbocycles. The normalized spacial score (nSPS) is 12.0. The first-order valence-electron chi connectivity index (χ1n) is 11.9. The molecule has 0 aromatic heterocycles. The summed E-state index contributed by atoms with van der Waals surface area (Å²) in [5.74, 6) is 0.0553. The van der Waals surface area contributed by atoms with Gasteiger partial charge in [0.05, 0.1) is 23.7 Å². The molecule has 0 spiro atoms. The van der Waals surface area contributed by atoms with Gasteiger partial charge in [0.1, 0.15) is 12.3 Å². The monoisotopic (exact) mass is 514 g/mol. The van der Waals surface area contributed by atoms with Crippen LogP contribution in [0.15, 0.2) is 108 Å². The van der Waals surface area contributed by atoms with Gasteiger partial charge in [0.25, 0.3) is 10.0 Å². The summed E-state index contributed by atoms with van der Waals surface area (Å²) in [5, 5.41) is 3.08. The van der Waals surface area contributed by atoms with Gasteiger partial charge in [-0.05, 0) is 54.8 Å². The van der Waals surface area contributed by atoms with Gasteiger partial charge in [0.15, 0.2) is 0 Å². The molecule has 0 heterocycles. The quantitative estimate of drug-likeness (QED) is 0.324. The Hall–Kier alpha value is -4.10. The van der Waals surface area contributed by atoms with Crippen LogP contribution in [-0.4, -0.2) is 28.0 Å². The van der Waals surface area contributed by atoms with Gasteiger partial charge in [0.2, 0.25) is 5.91 Å². The fourth-order valence-corrected chi connectivity index (χ4v) is 5.56. The number of hydrogen-bond acceptors (Lipinski definition) is 4. The van der Waals surface area contributed by atoms with Gasteiger partial charge in [-0.2, -0.15) is 0 Å². The van der Waals surface area contributed by atoms with Gasteiger partial charge in [-0.25, -0.2) is 8.42 Å². The van der Waals surface area contributed by atoms with Crippen molar-refractivity contribution in [2.45, 2.75) is 24.8 Å². The average molecular weight is 515 g/mol. The number of anilines is 1. The highest BCUT2D eigenvalue weighted by Crippen LogP contribution is 2.28. The van der Waals surface area contributed by atoms with Crippen LogP contribution in [0.5, 0.6) is 5.75 Å². The summed E-state index contributed by atoms with van der Waals surface area (Å²) in [5.41, 5.74) is 4.14. The summed E-state index contributed by atoms with van der Waals surface area (Å²) in [6, 6.07) is 30.3. The van der Waals surface area contributed by atoms with Crippen LogP contribution in [0.2, 0.25) is 0 Å². The molecule has 0 bridgehead atoms. The zero-order valence-corrected chi connectivity index (χ0v) is 21.9. The third kappa shape index (κ3) is 6.01. The number of ether oxygens (including phenoxy) is 1. The lowest BCUT2D eigenvalue weighted by molar-refractivity contribution is -0.120. The number of hydrogen-bond donors (Lipinski definition) is 1. The van der Waals surface area contributed by atoms with Crippen molar-refractivity contribution in [1.82, 2.24) is 5.32 Å². The second-order valence-electron chi connectivity index (χ2n) is 8.79. The largest absolute Gasteiger partial charge is 0.497 e. The second kappa shape index (κ2) is 11.3. The highest BCUT2D eigenvalue weighted by Gasteiger charge is 2.29. The predicted molar refractivity (Wildman–Crippen MR) is 146 cm³/mol. The van der Waals surface area contributed by atoms with Crippen molar-refractivity contribution in [1.29, 1.82) is 0 Å². The van der Waals surface area contributed by atoms with Crippen LogP contribution in [-0.2, 0) is 14.8 Å². The molecular weight excluding hydrogens is 484 g/mol. The number of nitrogens with one attached hydrogen (secondary N) is 1. The zero-order valence-electron chi connectivity index (χ0n) is 21.1. The second-order valence-corrected chi connectivity index (χ2v) is 10.7. The molecule has 1 N–H and O–H groups in total. The SMILES string of the molecule is COc1cccc(N(CC(=O)N[C@H](c2ccccc2)c2ccccc2C)S(=O)(=O)c2ccc(C)cc2)c1. The maximum atomic E-state index is 13.8. The van der Waals surface area contributed by atoms with Crippen molar-refractivity contribution in [3.8, 4) is 5.75 Å². The molecule has 0 saturated carbocycles. The molecule has 1 amide bonds. The van der Waals surface area contributed by atoms with Gasteiger partial charge >= 0.3 is 0 Å². The van der Waals surface area contributed by atoms with Crippen molar-refractivity contribution in [2.24, 2.45) is 0 Å². The lowest BCUT2D eigenvalue weighted by atomic mass is 9.95. The molecule has 0 radical (unpaired) electrons. The van der Waals surface area contributed by atoms with E-state index in [1.54, 1.807) is 48.5 Å². The van der Waals surface area contributed by atoms with Gasteiger partial charge in [-0.1, -0.05) is 78.4 Å². The van der Waals surface area contributed by atoms with E-state index in [1.807, 2.05) is 68.4 Å². The highest BCUT2D eigenvalue weighted by atomic mass is 32.2. The van der Waals surface area contributed by atoms with Gasteiger partial charge in [0, 0.05) is 6.07 Å². The Kier molecular flexibility index (Phi) is 7.94.